The van der Waals surface area contributed by atoms with Gasteiger partial charge in [0.2, 0.25) is 0 Å². The standard InChI is InChI=1S/C16H30N2O/c1-11-8-12(11)9-18(4)10-16(17)13-6-5-7-19-14(13)15(16,2)3/h11-14H,5-10,17H2,1-4H3. The van der Waals surface area contributed by atoms with E-state index in [0.717, 1.165) is 25.0 Å². The summed E-state index contributed by atoms with van der Waals surface area (Å²) in [4.78, 5) is 2.47. The SMILES string of the molecule is CC1CC1CN(C)CC1(N)C2CCCOC2C1(C)C. The molecule has 3 aliphatic rings. The van der Waals surface area contributed by atoms with Crippen LogP contribution in [0, 0.1) is 23.2 Å². The van der Waals surface area contributed by atoms with E-state index in [4.69, 9.17) is 10.5 Å². The third kappa shape index (κ3) is 2.05. The summed E-state index contributed by atoms with van der Waals surface area (Å²) in [7, 11) is 2.24. The van der Waals surface area contributed by atoms with Crippen LogP contribution in [0.2, 0.25) is 0 Å². The molecule has 19 heavy (non-hydrogen) atoms. The van der Waals surface area contributed by atoms with Crippen LogP contribution < -0.4 is 5.73 Å². The van der Waals surface area contributed by atoms with Crippen LogP contribution in [0.15, 0.2) is 0 Å². The Morgan fingerprint density at radius 1 is 1.37 bits per heavy atom. The predicted molar refractivity (Wildman–Crippen MR) is 77.9 cm³/mol. The molecule has 0 amide bonds. The van der Waals surface area contributed by atoms with Gasteiger partial charge in [-0.15, -0.1) is 0 Å². The maximum absolute atomic E-state index is 6.85. The molecule has 1 aliphatic heterocycles. The molecule has 0 aromatic carbocycles. The maximum atomic E-state index is 6.85. The molecular weight excluding hydrogens is 236 g/mol. The summed E-state index contributed by atoms with van der Waals surface area (Å²) >= 11 is 0. The van der Waals surface area contributed by atoms with E-state index in [1.807, 2.05) is 0 Å². The van der Waals surface area contributed by atoms with Gasteiger partial charge in [0.25, 0.3) is 0 Å². The van der Waals surface area contributed by atoms with Gasteiger partial charge in [-0.25, -0.2) is 0 Å². The van der Waals surface area contributed by atoms with Gasteiger partial charge >= 0.3 is 0 Å². The van der Waals surface area contributed by atoms with Crippen LogP contribution in [0.3, 0.4) is 0 Å². The average molecular weight is 266 g/mol. The van der Waals surface area contributed by atoms with Crippen molar-refractivity contribution in [2.45, 2.75) is 51.7 Å². The van der Waals surface area contributed by atoms with E-state index in [2.05, 4.69) is 32.7 Å². The zero-order valence-electron chi connectivity index (χ0n) is 13.0. The van der Waals surface area contributed by atoms with Crippen molar-refractivity contribution in [2.24, 2.45) is 28.9 Å². The van der Waals surface area contributed by atoms with E-state index in [9.17, 15) is 0 Å². The van der Waals surface area contributed by atoms with Crippen LogP contribution in [0.25, 0.3) is 0 Å². The number of likely N-dealkylation sites (N-methyl/N-ethyl adjacent to an activating group) is 1. The average Bonchev–Trinajstić information content (AvgIpc) is 3.04. The molecule has 0 bridgehead atoms. The summed E-state index contributed by atoms with van der Waals surface area (Å²) < 4.78 is 5.98. The second kappa shape index (κ2) is 4.44. The number of hydrogen-bond acceptors (Lipinski definition) is 3. The zero-order chi connectivity index (χ0) is 13.8. The summed E-state index contributed by atoms with van der Waals surface area (Å²) in [5, 5.41) is 0. The fourth-order valence-corrected chi connectivity index (χ4v) is 4.55. The molecule has 3 fully saturated rings. The van der Waals surface area contributed by atoms with Crippen LogP contribution in [0.5, 0.6) is 0 Å². The van der Waals surface area contributed by atoms with Crippen molar-refractivity contribution in [3.05, 3.63) is 0 Å². The van der Waals surface area contributed by atoms with Crippen LogP contribution in [0.4, 0.5) is 0 Å². The van der Waals surface area contributed by atoms with E-state index in [1.54, 1.807) is 0 Å². The van der Waals surface area contributed by atoms with Crippen molar-refractivity contribution in [3.8, 4) is 0 Å². The molecule has 0 aromatic heterocycles. The molecule has 2 N–H and O–H groups in total. The first-order valence-electron chi connectivity index (χ1n) is 7.95. The Morgan fingerprint density at radius 3 is 2.68 bits per heavy atom. The van der Waals surface area contributed by atoms with Crippen molar-refractivity contribution in [2.75, 3.05) is 26.7 Å². The first-order valence-corrected chi connectivity index (χ1v) is 7.95. The predicted octanol–water partition coefficient (Wildman–Crippen LogP) is 2.11. The Kier molecular flexibility index (Phi) is 3.23. The molecule has 2 saturated carbocycles. The topological polar surface area (TPSA) is 38.5 Å². The van der Waals surface area contributed by atoms with Crippen LogP contribution in [-0.4, -0.2) is 43.3 Å². The highest BCUT2D eigenvalue weighted by molar-refractivity contribution is 5.20. The molecule has 3 nitrogen and oxygen atoms in total. The smallest absolute Gasteiger partial charge is 0.0690 e. The summed E-state index contributed by atoms with van der Waals surface area (Å²) in [6.07, 6.45) is 4.22. The van der Waals surface area contributed by atoms with Crippen molar-refractivity contribution in [1.29, 1.82) is 0 Å². The van der Waals surface area contributed by atoms with Gasteiger partial charge in [0, 0.05) is 36.6 Å². The van der Waals surface area contributed by atoms with E-state index in [1.165, 1.54) is 25.8 Å². The van der Waals surface area contributed by atoms with Gasteiger partial charge in [-0.1, -0.05) is 20.8 Å². The molecule has 1 heterocycles. The third-order valence-corrected chi connectivity index (χ3v) is 6.25. The zero-order valence-corrected chi connectivity index (χ0v) is 13.0. The summed E-state index contributed by atoms with van der Waals surface area (Å²) in [6.45, 7) is 10.1. The molecule has 3 heteroatoms. The lowest BCUT2D eigenvalue weighted by atomic mass is 9.46. The second-order valence-corrected chi connectivity index (χ2v) is 7.97. The van der Waals surface area contributed by atoms with Crippen molar-refractivity contribution in [3.63, 3.8) is 0 Å². The lowest BCUT2D eigenvalue weighted by molar-refractivity contribution is -0.231. The second-order valence-electron chi connectivity index (χ2n) is 7.97. The first-order chi connectivity index (χ1) is 8.86. The molecule has 5 unspecified atom stereocenters. The third-order valence-electron chi connectivity index (χ3n) is 6.25. The fourth-order valence-electron chi connectivity index (χ4n) is 4.55. The minimum atomic E-state index is -0.0645. The Labute approximate surface area is 117 Å². The van der Waals surface area contributed by atoms with Crippen molar-refractivity contribution >= 4 is 0 Å². The highest BCUT2D eigenvalue weighted by Gasteiger charge is 2.66. The number of nitrogens with zero attached hydrogens (tertiary/aromatic N) is 1. The number of hydrogen-bond donors (Lipinski definition) is 1. The van der Waals surface area contributed by atoms with E-state index >= 15 is 0 Å². The van der Waals surface area contributed by atoms with E-state index in [-0.39, 0.29) is 11.0 Å². The van der Waals surface area contributed by atoms with E-state index in [0.29, 0.717) is 12.0 Å². The number of ether oxygens (including phenoxy) is 1. The van der Waals surface area contributed by atoms with Crippen molar-refractivity contribution in [1.82, 2.24) is 4.90 Å². The highest BCUT2D eigenvalue weighted by atomic mass is 16.5. The fraction of sp³-hybridized carbons (Fsp3) is 1.00. The van der Waals surface area contributed by atoms with Gasteiger partial charge < -0.3 is 15.4 Å². The van der Waals surface area contributed by atoms with Crippen molar-refractivity contribution < 1.29 is 4.74 Å². The minimum Gasteiger partial charge on any atom is -0.377 e. The monoisotopic (exact) mass is 266 g/mol. The Bertz CT molecular complexity index is 357. The van der Waals surface area contributed by atoms with Gasteiger partial charge in [0.1, 0.15) is 0 Å². The lowest BCUT2D eigenvalue weighted by Crippen LogP contribution is -2.80. The summed E-state index contributed by atoms with van der Waals surface area (Å²) in [6, 6.07) is 0. The van der Waals surface area contributed by atoms with Gasteiger partial charge in [-0.2, -0.15) is 0 Å². The Balaban J connectivity index is 1.64. The maximum Gasteiger partial charge on any atom is 0.0690 e. The highest BCUT2D eigenvalue weighted by Crippen LogP contribution is 2.57. The number of nitrogens with two attached hydrogens (primary N) is 1. The van der Waals surface area contributed by atoms with Gasteiger partial charge in [-0.05, 0) is 38.1 Å². The number of fused-ring (bicyclic) bond motifs is 1. The molecule has 0 radical (unpaired) electrons. The summed E-state index contributed by atoms with van der Waals surface area (Å²) in [5.41, 5.74) is 6.89. The molecule has 3 rings (SSSR count). The Morgan fingerprint density at radius 2 is 2.05 bits per heavy atom. The molecule has 2 aliphatic carbocycles. The van der Waals surface area contributed by atoms with E-state index < -0.39 is 0 Å². The Hall–Kier alpha value is -0.120. The summed E-state index contributed by atoms with van der Waals surface area (Å²) in [5.74, 6) is 2.40. The van der Waals surface area contributed by atoms with Gasteiger partial charge in [0.05, 0.1) is 6.10 Å². The van der Waals surface area contributed by atoms with Crippen LogP contribution in [0.1, 0.15) is 40.0 Å². The molecule has 0 aromatic rings. The normalized spacial score (nSPS) is 47.7. The molecular formula is C16H30N2O. The first kappa shape index (κ1) is 13.8. The van der Waals surface area contributed by atoms with Crippen LogP contribution in [-0.2, 0) is 4.74 Å². The molecule has 0 spiro atoms. The van der Waals surface area contributed by atoms with Gasteiger partial charge in [0.15, 0.2) is 0 Å². The lowest BCUT2D eigenvalue weighted by Gasteiger charge is -2.67. The largest absolute Gasteiger partial charge is 0.377 e. The van der Waals surface area contributed by atoms with Gasteiger partial charge in [-0.3, -0.25) is 0 Å². The molecule has 110 valence electrons. The number of rotatable bonds is 4. The van der Waals surface area contributed by atoms with Crippen LogP contribution >= 0.6 is 0 Å². The molecule has 5 atom stereocenters. The minimum absolute atomic E-state index is 0.0645. The molecule has 1 saturated heterocycles. The quantitative estimate of drug-likeness (QED) is 0.847.